The van der Waals surface area contributed by atoms with Gasteiger partial charge in [-0.1, -0.05) is 23.4 Å². The van der Waals surface area contributed by atoms with E-state index in [0.29, 0.717) is 18.5 Å². The number of hydrogen-bond donors (Lipinski definition) is 1. The van der Waals surface area contributed by atoms with E-state index in [1.54, 1.807) is 11.8 Å². The quantitative estimate of drug-likeness (QED) is 0.821. The lowest BCUT2D eigenvalue weighted by atomic mass is 10.2. The Morgan fingerprint density at radius 1 is 1.37 bits per heavy atom. The Kier molecular flexibility index (Phi) is 3.84. The fourth-order valence-corrected chi connectivity index (χ4v) is 2.67. The average Bonchev–Trinajstić information content (AvgIpc) is 3.14. The summed E-state index contributed by atoms with van der Waals surface area (Å²) in [5.41, 5.74) is 1.28. The maximum atomic E-state index is 5.22. The monoisotopic (exact) mass is 275 g/mol. The highest BCUT2D eigenvalue weighted by molar-refractivity contribution is 7.98. The van der Waals surface area contributed by atoms with E-state index in [9.17, 15) is 0 Å². The Bertz CT molecular complexity index is 551. The standard InChI is InChI=1S/C14H17N3OS/c1-10-4-2-3-5-12(10)19-9-13-16-14(18-17-13)8-15-11-6-7-11/h2-5,11,15H,6-9H2,1H3. The van der Waals surface area contributed by atoms with Gasteiger partial charge in [-0.05, 0) is 31.4 Å². The van der Waals surface area contributed by atoms with E-state index in [1.165, 1.54) is 23.3 Å². The van der Waals surface area contributed by atoms with Crippen LogP contribution in [0.2, 0.25) is 0 Å². The van der Waals surface area contributed by atoms with Gasteiger partial charge in [0, 0.05) is 10.9 Å². The second kappa shape index (κ2) is 5.75. The van der Waals surface area contributed by atoms with Gasteiger partial charge < -0.3 is 9.84 Å². The zero-order chi connectivity index (χ0) is 13.1. The van der Waals surface area contributed by atoms with Gasteiger partial charge in [0.1, 0.15) is 0 Å². The number of benzene rings is 1. The van der Waals surface area contributed by atoms with Gasteiger partial charge in [0.05, 0.1) is 12.3 Å². The van der Waals surface area contributed by atoms with Gasteiger partial charge in [0.2, 0.25) is 5.89 Å². The highest BCUT2D eigenvalue weighted by atomic mass is 32.2. The van der Waals surface area contributed by atoms with Crippen molar-refractivity contribution in [2.75, 3.05) is 0 Å². The molecule has 0 bridgehead atoms. The highest BCUT2D eigenvalue weighted by Gasteiger charge is 2.21. The number of nitrogens with one attached hydrogen (secondary N) is 1. The van der Waals surface area contributed by atoms with Gasteiger partial charge in [-0.3, -0.25) is 0 Å². The maximum Gasteiger partial charge on any atom is 0.240 e. The Morgan fingerprint density at radius 3 is 3.00 bits per heavy atom. The third-order valence-corrected chi connectivity index (χ3v) is 4.25. The summed E-state index contributed by atoms with van der Waals surface area (Å²) in [6.45, 7) is 2.80. The molecule has 1 aliphatic carbocycles. The average molecular weight is 275 g/mol. The minimum absolute atomic E-state index is 0.664. The van der Waals surface area contributed by atoms with Gasteiger partial charge in [-0.2, -0.15) is 4.98 Å². The molecular formula is C14H17N3OS. The number of aryl methyl sites for hydroxylation is 1. The lowest BCUT2D eigenvalue weighted by Crippen LogP contribution is -2.15. The van der Waals surface area contributed by atoms with E-state index in [-0.39, 0.29) is 0 Å². The molecule has 0 radical (unpaired) electrons. The van der Waals surface area contributed by atoms with Crippen LogP contribution in [0.5, 0.6) is 0 Å². The minimum atomic E-state index is 0.664. The Morgan fingerprint density at radius 2 is 2.21 bits per heavy atom. The number of hydrogen-bond acceptors (Lipinski definition) is 5. The van der Waals surface area contributed by atoms with Crippen molar-refractivity contribution in [2.45, 2.75) is 43.0 Å². The minimum Gasteiger partial charge on any atom is -0.338 e. The van der Waals surface area contributed by atoms with Crippen LogP contribution in [0.1, 0.15) is 30.1 Å². The van der Waals surface area contributed by atoms with Crippen molar-refractivity contribution in [3.63, 3.8) is 0 Å². The molecule has 1 N–H and O–H groups in total. The van der Waals surface area contributed by atoms with Crippen molar-refractivity contribution in [1.82, 2.24) is 15.5 Å². The molecular weight excluding hydrogens is 258 g/mol. The molecule has 100 valence electrons. The van der Waals surface area contributed by atoms with Gasteiger partial charge in [-0.25, -0.2) is 0 Å². The summed E-state index contributed by atoms with van der Waals surface area (Å²) in [6, 6.07) is 9.00. The molecule has 0 atom stereocenters. The van der Waals surface area contributed by atoms with Crippen molar-refractivity contribution >= 4 is 11.8 Å². The first-order chi connectivity index (χ1) is 9.31. The molecule has 1 fully saturated rings. The molecule has 1 saturated carbocycles. The van der Waals surface area contributed by atoms with Crippen LogP contribution in [0.4, 0.5) is 0 Å². The molecule has 0 amide bonds. The lowest BCUT2D eigenvalue weighted by Gasteiger charge is -2.01. The second-order valence-corrected chi connectivity index (χ2v) is 5.83. The van der Waals surface area contributed by atoms with Crippen molar-refractivity contribution in [2.24, 2.45) is 0 Å². The van der Waals surface area contributed by atoms with Crippen LogP contribution in [0.25, 0.3) is 0 Å². The molecule has 1 heterocycles. The predicted octanol–water partition coefficient (Wildman–Crippen LogP) is 2.92. The summed E-state index contributed by atoms with van der Waals surface area (Å²) < 4.78 is 5.22. The molecule has 1 aromatic heterocycles. The van der Waals surface area contributed by atoms with Crippen LogP contribution < -0.4 is 5.32 Å². The van der Waals surface area contributed by atoms with Crippen LogP contribution >= 0.6 is 11.8 Å². The van der Waals surface area contributed by atoms with Crippen LogP contribution in [0.3, 0.4) is 0 Å². The van der Waals surface area contributed by atoms with Crippen LogP contribution in [-0.4, -0.2) is 16.2 Å². The van der Waals surface area contributed by atoms with Gasteiger partial charge in [-0.15, -0.1) is 11.8 Å². The zero-order valence-corrected chi connectivity index (χ0v) is 11.7. The fraction of sp³-hybridized carbons (Fsp3) is 0.429. The Hall–Kier alpha value is -1.33. The van der Waals surface area contributed by atoms with E-state index in [2.05, 4.69) is 46.6 Å². The van der Waals surface area contributed by atoms with Crippen molar-refractivity contribution in [3.8, 4) is 0 Å². The van der Waals surface area contributed by atoms with E-state index in [1.807, 2.05) is 0 Å². The first kappa shape index (κ1) is 12.7. The molecule has 3 rings (SSSR count). The normalized spacial score (nSPS) is 14.8. The van der Waals surface area contributed by atoms with E-state index < -0.39 is 0 Å². The fourth-order valence-electron chi connectivity index (χ4n) is 1.80. The second-order valence-electron chi connectivity index (χ2n) is 4.81. The van der Waals surface area contributed by atoms with Crippen molar-refractivity contribution in [1.29, 1.82) is 0 Å². The van der Waals surface area contributed by atoms with Crippen LogP contribution in [0, 0.1) is 6.92 Å². The molecule has 1 aromatic carbocycles. The molecule has 5 heteroatoms. The molecule has 0 aliphatic heterocycles. The summed E-state index contributed by atoms with van der Waals surface area (Å²) in [6.07, 6.45) is 2.54. The van der Waals surface area contributed by atoms with Crippen LogP contribution in [0.15, 0.2) is 33.7 Å². The topological polar surface area (TPSA) is 51.0 Å². The lowest BCUT2D eigenvalue weighted by molar-refractivity contribution is 0.363. The van der Waals surface area contributed by atoms with Gasteiger partial charge in [0.25, 0.3) is 0 Å². The smallest absolute Gasteiger partial charge is 0.240 e. The molecule has 4 nitrogen and oxygen atoms in total. The first-order valence-electron chi connectivity index (χ1n) is 6.54. The third-order valence-electron chi connectivity index (χ3n) is 3.08. The summed E-state index contributed by atoms with van der Waals surface area (Å²) in [7, 11) is 0. The Labute approximate surface area is 117 Å². The number of thioether (sulfide) groups is 1. The van der Waals surface area contributed by atoms with Gasteiger partial charge in [0.15, 0.2) is 5.82 Å². The summed E-state index contributed by atoms with van der Waals surface area (Å²) in [4.78, 5) is 5.66. The number of rotatable bonds is 6. The summed E-state index contributed by atoms with van der Waals surface area (Å²) >= 11 is 1.74. The first-order valence-corrected chi connectivity index (χ1v) is 7.53. The maximum absolute atomic E-state index is 5.22. The van der Waals surface area contributed by atoms with E-state index in [0.717, 1.165) is 11.6 Å². The van der Waals surface area contributed by atoms with Crippen LogP contribution in [-0.2, 0) is 12.3 Å². The van der Waals surface area contributed by atoms with Crippen molar-refractivity contribution < 1.29 is 4.52 Å². The molecule has 0 spiro atoms. The molecule has 0 saturated heterocycles. The summed E-state index contributed by atoms with van der Waals surface area (Å²) in [5.74, 6) is 2.20. The highest BCUT2D eigenvalue weighted by Crippen LogP contribution is 2.24. The van der Waals surface area contributed by atoms with E-state index in [4.69, 9.17) is 4.52 Å². The molecule has 1 aliphatic rings. The SMILES string of the molecule is Cc1ccccc1SCc1noc(CNC2CC2)n1. The van der Waals surface area contributed by atoms with Gasteiger partial charge >= 0.3 is 0 Å². The summed E-state index contributed by atoms with van der Waals surface area (Å²) in [5, 5.41) is 7.38. The number of aromatic nitrogens is 2. The van der Waals surface area contributed by atoms with E-state index >= 15 is 0 Å². The largest absolute Gasteiger partial charge is 0.338 e. The molecule has 2 aromatic rings. The number of nitrogens with zero attached hydrogens (tertiary/aromatic N) is 2. The Balaban J connectivity index is 1.53. The third kappa shape index (κ3) is 3.58. The molecule has 0 unspecified atom stereocenters. The van der Waals surface area contributed by atoms with Crippen molar-refractivity contribution in [3.05, 3.63) is 41.5 Å². The zero-order valence-electron chi connectivity index (χ0n) is 10.9. The molecule has 19 heavy (non-hydrogen) atoms. The predicted molar refractivity (Wildman–Crippen MR) is 74.9 cm³/mol.